The number of carbonyl (C=O) groups excluding carboxylic acids is 2. The van der Waals surface area contributed by atoms with Crippen molar-refractivity contribution >= 4 is 28.9 Å². The number of hydrogen-bond donors (Lipinski definition) is 1. The average Bonchev–Trinajstić information content (AvgIpc) is 3.24. The molecule has 0 fully saturated rings. The van der Waals surface area contributed by atoms with Gasteiger partial charge in [0, 0.05) is 17.0 Å². The van der Waals surface area contributed by atoms with Gasteiger partial charge in [0.15, 0.2) is 11.8 Å². The minimum Gasteiger partial charge on any atom is -0.497 e. The van der Waals surface area contributed by atoms with Crippen molar-refractivity contribution in [3.63, 3.8) is 0 Å². The summed E-state index contributed by atoms with van der Waals surface area (Å²) >= 11 is 1.34. The fourth-order valence-corrected chi connectivity index (χ4v) is 3.41. The Hall–Kier alpha value is -3.39. The van der Waals surface area contributed by atoms with Crippen molar-refractivity contribution in [2.24, 2.45) is 0 Å². The molecule has 0 saturated carbocycles. The van der Waals surface area contributed by atoms with E-state index < -0.39 is 18.0 Å². The van der Waals surface area contributed by atoms with E-state index in [4.69, 9.17) is 14.2 Å². The summed E-state index contributed by atoms with van der Waals surface area (Å²) in [5, 5.41) is 5.02. The zero-order valence-corrected chi connectivity index (χ0v) is 17.9. The second kappa shape index (κ2) is 9.41. The van der Waals surface area contributed by atoms with Gasteiger partial charge in [-0.25, -0.2) is 9.78 Å². The number of thiazole rings is 1. The third kappa shape index (κ3) is 4.96. The van der Waals surface area contributed by atoms with Crippen molar-refractivity contribution in [1.82, 2.24) is 4.98 Å². The summed E-state index contributed by atoms with van der Waals surface area (Å²) in [7, 11) is 3.02. The van der Waals surface area contributed by atoms with Crippen molar-refractivity contribution in [1.29, 1.82) is 0 Å². The molecule has 0 aliphatic carbocycles. The van der Waals surface area contributed by atoms with Gasteiger partial charge in [0.1, 0.15) is 16.5 Å². The molecule has 7 nitrogen and oxygen atoms in total. The minimum absolute atomic E-state index is 0.161. The molecule has 30 heavy (non-hydrogen) atoms. The zero-order valence-electron chi connectivity index (χ0n) is 17.1. The Kier molecular flexibility index (Phi) is 6.68. The lowest BCUT2D eigenvalue weighted by Gasteiger charge is -2.15. The van der Waals surface area contributed by atoms with E-state index in [9.17, 15) is 9.59 Å². The molecule has 1 atom stereocenters. The number of nitrogens with zero attached hydrogens (tertiary/aromatic N) is 1. The summed E-state index contributed by atoms with van der Waals surface area (Å²) in [6.45, 7) is 3.50. The van der Waals surface area contributed by atoms with Crippen LogP contribution in [-0.4, -0.2) is 37.2 Å². The summed E-state index contributed by atoms with van der Waals surface area (Å²) in [6.07, 6.45) is -1.03. The number of aromatic nitrogens is 1. The summed E-state index contributed by atoms with van der Waals surface area (Å²) in [5.74, 6) is -0.138. The van der Waals surface area contributed by atoms with E-state index in [0.29, 0.717) is 22.2 Å². The van der Waals surface area contributed by atoms with Crippen LogP contribution in [0.25, 0.3) is 10.6 Å². The lowest BCUT2D eigenvalue weighted by molar-refractivity contribution is -0.123. The highest BCUT2D eigenvalue weighted by Crippen LogP contribution is 2.29. The van der Waals surface area contributed by atoms with Crippen LogP contribution in [0.5, 0.6) is 11.5 Å². The Morgan fingerprint density at radius 3 is 2.47 bits per heavy atom. The summed E-state index contributed by atoms with van der Waals surface area (Å²) in [6, 6.07) is 12.9. The van der Waals surface area contributed by atoms with Crippen molar-refractivity contribution in [3.05, 3.63) is 59.1 Å². The summed E-state index contributed by atoms with van der Waals surface area (Å²) in [5.41, 5.74) is 2.64. The summed E-state index contributed by atoms with van der Waals surface area (Å²) < 4.78 is 15.7. The maximum atomic E-state index is 12.5. The normalized spacial score (nSPS) is 11.5. The molecule has 1 heterocycles. The van der Waals surface area contributed by atoms with Gasteiger partial charge in [-0.05, 0) is 26.0 Å². The van der Waals surface area contributed by atoms with Gasteiger partial charge in [-0.1, -0.05) is 29.8 Å². The zero-order chi connectivity index (χ0) is 21.7. The first-order valence-corrected chi connectivity index (χ1v) is 10.1. The number of benzene rings is 2. The molecule has 3 aromatic rings. The van der Waals surface area contributed by atoms with E-state index in [1.165, 1.54) is 32.5 Å². The smallest absolute Gasteiger partial charge is 0.358 e. The lowest BCUT2D eigenvalue weighted by Crippen LogP contribution is -2.30. The Bertz CT molecular complexity index is 1050. The molecule has 1 aromatic heterocycles. The molecule has 8 heteroatoms. The minimum atomic E-state index is -1.03. The average molecular weight is 426 g/mol. The van der Waals surface area contributed by atoms with Gasteiger partial charge in [0.05, 0.1) is 19.9 Å². The molecule has 0 aliphatic rings. The highest BCUT2D eigenvalue weighted by molar-refractivity contribution is 7.13. The van der Waals surface area contributed by atoms with Crippen LogP contribution in [0.3, 0.4) is 0 Å². The lowest BCUT2D eigenvalue weighted by atomic mass is 10.2. The topological polar surface area (TPSA) is 86.8 Å². The second-order valence-electron chi connectivity index (χ2n) is 6.51. The van der Waals surface area contributed by atoms with Gasteiger partial charge in [-0.15, -0.1) is 11.3 Å². The third-order valence-electron chi connectivity index (χ3n) is 4.33. The number of anilines is 1. The van der Waals surface area contributed by atoms with E-state index in [0.717, 1.165) is 11.1 Å². The van der Waals surface area contributed by atoms with E-state index in [-0.39, 0.29) is 5.69 Å². The molecule has 1 amide bonds. The number of amides is 1. The van der Waals surface area contributed by atoms with Crippen LogP contribution in [0, 0.1) is 6.92 Å². The van der Waals surface area contributed by atoms with E-state index in [1.807, 2.05) is 31.2 Å². The van der Waals surface area contributed by atoms with Crippen LogP contribution < -0.4 is 14.8 Å². The molecule has 0 aliphatic heterocycles. The second-order valence-corrected chi connectivity index (χ2v) is 7.37. The number of aryl methyl sites for hydroxylation is 1. The van der Waals surface area contributed by atoms with Crippen LogP contribution in [0.1, 0.15) is 23.0 Å². The van der Waals surface area contributed by atoms with Crippen LogP contribution >= 0.6 is 11.3 Å². The quantitative estimate of drug-likeness (QED) is 0.566. The number of methoxy groups -OCH3 is 2. The standard InChI is InChI=1S/C22H22N2O5S/c1-13-5-7-15(8-6-13)21-24-18(12-30-21)22(26)29-14(2)20(25)23-17-11-16(27-3)9-10-19(17)28-4/h5-12,14H,1-4H3,(H,23,25). The third-order valence-corrected chi connectivity index (χ3v) is 5.22. The number of rotatable bonds is 7. The maximum absolute atomic E-state index is 12.5. The van der Waals surface area contributed by atoms with Crippen molar-refractivity contribution in [2.75, 3.05) is 19.5 Å². The van der Waals surface area contributed by atoms with Crippen LogP contribution in [-0.2, 0) is 9.53 Å². The van der Waals surface area contributed by atoms with E-state index in [2.05, 4.69) is 10.3 Å². The molecule has 156 valence electrons. The molecule has 3 rings (SSSR count). The van der Waals surface area contributed by atoms with Crippen molar-refractivity contribution in [2.45, 2.75) is 20.0 Å². The molecule has 1 unspecified atom stereocenters. The first-order chi connectivity index (χ1) is 14.4. The first-order valence-electron chi connectivity index (χ1n) is 9.17. The summed E-state index contributed by atoms with van der Waals surface area (Å²) in [4.78, 5) is 29.3. The molecule has 0 radical (unpaired) electrons. The fraction of sp³-hybridized carbons (Fsp3) is 0.227. The Labute approximate surface area is 178 Å². The molecule has 1 N–H and O–H groups in total. The maximum Gasteiger partial charge on any atom is 0.358 e. The van der Waals surface area contributed by atoms with Gasteiger partial charge >= 0.3 is 5.97 Å². The number of nitrogens with one attached hydrogen (secondary N) is 1. The Morgan fingerprint density at radius 2 is 1.80 bits per heavy atom. The number of ether oxygens (including phenoxy) is 3. The molecule has 0 spiro atoms. The van der Waals surface area contributed by atoms with Gasteiger partial charge < -0.3 is 19.5 Å². The van der Waals surface area contributed by atoms with Crippen LogP contribution in [0.2, 0.25) is 0 Å². The van der Waals surface area contributed by atoms with Crippen LogP contribution in [0.15, 0.2) is 47.8 Å². The highest BCUT2D eigenvalue weighted by Gasteiger charge is 2.22. The highest BCUT2D eigenvalue weighted by atomic mass is 32.1. The molecule has 0 saturated heterocycles. The van der Waals surface area contributed by atoms with Crippen molar-refractivity contribution < 1.29 is 23.8 Å². The number of carbonyl (C=O) groups is 2. The van der Waals surface area contributed by atoms with Crippen molar-refractivity contribution in [3.8, 4) is 22.1 Å². The van der Waals surface area contributed by atoms with Gasteiger partial charge in [0.2, 0.25) is 0 Å². The largest absolute Gasteiger partial charge is 0.497 e. The van der Waals surface area contributed by atoms with Gasteiger partial charge in [-0.3, -0.25) is 4.79 Å². The fourth-order valence-electron chi connectivity index (χ4n) is 2.62. The van der Waals surface area contributed by atoms with E-state index >= 15 is 0 Å². The number of hydrogen-bond acceptors (Lipinski definition) is 7. The van der Waals surface area contributed by atoms with Crippen LogP contribution in [0.4, 0.5) is 5.69 Å². The molecular formula is C22H22N2O5S. The monoisotopic (exact) mass is 426 g/mol. The van der Waals surface area contributed by atoms with E-state index in [1.54, 1.807) is 23.6 Å². The SMILES string of the molecule is COc1ccc(OC)c(NC(=O)C(C)OC(=O)c2csc(-c3ccc(C)cc3)n2)c1. The Balaban J connectivity index is 1.66. The molecule has 2 aromatic carbocycles. The molecular weight excluding hydrogens is 404 g/mol. The predicted molar refractivity (Wildman–Crippen MR) is 115 cm³/mol. The first kappa shape index (κ1) is 21.3. The van der Waals surface area contributed by atoms with Gasteiger partial charge in [-0.2, -0.15) is 0 Å². The molecule has 0 bridgehead atoms. The Morgan fingerprint density at radius 1 is 1.07 bits per heavy atom. The number of esters is 1. The predicted octanol–water partition coefficient (Wildman–Crippen LogP) is 4.32. The van der Waals surface area contributed by atoms with Gasteiger partial charge in [0.25, 0.3) is 5.91 Å².